The van der Waals surface area contributed by atoms with E-state index in [0.717, 1.165) is 12.1 Å². The number of hydrogen-bond acceptors (Lipinski definition) is 5. The molecule has 154 valence electrons. The number of anilines is 1. The Labute approximate surface area is 178 Å². The Balaban J connectivity index is 1.71. The summed E-state index contributed by atoms with van der Waals surface area (Å²) < 4.78 is 41.8. The molecule has 1 aliphatic rings. The van der Waals surface area contributed by atoms with Gasteiger partial charge < -0.3 is 5.11 Å². The van der Waals surface area contributed by atoms with Gasteiger partial charge in [-0.1, -0.05) is 41.1 Å². The highest BCUT2D eigenvalue weighted by atomic mass is 35.5. The lowest BCUT2D eigenvalue weighted by Gasteiger charge is -2.14. The van der Waals surface area contributed by atoms with Crippen LogP contribution in [-0.2, 0) is 0 Å². The highest BCUT2D eigenvalue weighted by Gasteiger charge is 2.44. The lowest BCUT2D eigenvalue weighted by molar-refractivity contribution is 0.0696. The fourth-order valence-corrected chi connectivity index (χ4v) is 3.89. The number of rotatable bonds is 6. The number of nitrogens with zero attached hydrogens (tertiary/aromatic N) is 3. The molecule has 1 fully saturated rings. The largest absolute Gasteiger partial charge is 0.478 e. The maximum Gasteiger partial charge on any atom is 0.336 e. The number of halogens is 4. The number of carboxylic acids is 1. The summed E-state index contributed by atoms with van der Waals surface area (Å²) in [4.78, 5) is 15.6. The summed E-state index contributed by atoms with van der Waals surface area (Å²) in [7, 11) is 0. The Morgan fingerprint density at radius 2 is 2.03 bits per heavy atom. The van der Waals surface area contributed by atoms with Crippen LogP contribution < -0.4 is 5.01 Å². The first-order valence-corrected chi connectivity index (χ1v) is 9.96. The van der Waals surface area contributed by atoms with Crippen molar-refractivity contribution in [3.05, 3.63) is 69.6 Å². The Morgan fingerprint density at radius 3 is 2.70 bits per heavy atom. The smallest absolute Gasteiger partial charge is 0.336 e. The van der Waals surface area contributed by atoms with Gasteiger partial charge in [0, 0.05) is 17.5 Å². The number of carboxylic acid groups (broad SMARTS) is 1. The maximum atomic E-state index is 14.6. The van der Waals surface area contributed by atoms with Gasteiger partial charge in [0.05, 0.1) is 22.8 Å². The molecule has 30 heavy (non-hydrogen) atoms. The number of carbonyl (C=O) groups is 1. The van der Waals surface area contributed by atoms with Crippen molar-refractivity contribution < 1.29 is 23.1 Å². The predicted octanol–water partition coefficient (Wildman–Crippen LogP) is 5.39. The lowest BCUT2D eigenvalue weighted by Crippen LogP contribution is -2.21. The van der Waals surface area contributed by atoms with Crippen LogP contribution in [0.25, 0.3) is 11.3 Å². The quantitative estimate of drug-likeness (QED) is 0.403. The predicted molar refractivity (Wildman–Crippen MR) is 109 cm³/mol. The monoisotopic (exact) mass is 451 g/mol. The molecule has 3 aromatic rings. The van der Waals surface area contributed by atoms with Crippen LogP contribution in [0.3, 0.4) is 0 Å². The summed E-state index contributed by atoms with van der Waals surface area (Å²) >= 11 is 6.80. The molecular formula is C20H13ClF3N3O2S. The summed E-state index contributed by atoms with van der Waals surface area (Å²) in [6.07, 6.45) is 0.169. The van der Waals surface area contributed by atoms with Crippen molar-refractivity contribution in [3.8, 4) is 11.3 Å². The van der Waals surface area contributed by atoms with Crippen LogP contribution in [0.2, 0.25) is 5.02 Å². The molecule has 0 saturated heterocycles. The normalized spacial score (nSPS) is 18.0. The van der Waals surface area contributed by atoms with E-state index in [1.165, 1.54) is 17.3 Å². The minimum Gasteiger partial charge on any atom is -0.478 e. The average Bonchev–Trinajstić information content (AvgIpc) is 3.30. The molecule has 2 aromatic carbocycles. The van der Waals surface area contributed by atoms with Crippen LogP contribution >= 0.6 is 22.9 Å². The Morgan fingerprint density at radius 1 is 1.30 bits per heavy atom. The van der Waals surface area contributed by atoms with Gasteiger partial charge in [0.25, 0.3) is 0 Å². The molecule has 1 N–H and O–H groups in total. The molecule has 1 heterocycles. The topological polar surface area (TPSA) is 65.8 Å². The summed E-state index contributed by atoms with van der Waals surface area (Å²) in [6, 6.07) is 9.16. The summed E-state index contributed by atoms with van der Waals surface area (Å²) in [6.45, 7) is 0. The summed E-state index contributed by atoms with van der Waals surface area (Å²) in [5.74, 6) is -2.04. The van der Waals surface area contributed by atoms with Crippen LogP contribution in [-0.4, -0.2) is 34.5 Å². The van der Waals surface area contributed by atoms with E-state index in [-0.39, 0.29) is 28.4 Å². The highest BCUT2D eigenvalue weighted by Crippen LogP contribution is 2.40. The van der Waals surface area contributed by atoms with Crippen molar-refractivity contribution in [3.63, 3.8) is 0 Å². The summed E-state index contributed by atoms with van der Waals surface area (Å²) in [5, 5.41) is 14.4. The van der Waals surface area contributed by atoms with Gasteiger partial charge in [0.1, 0.15) is 17.7 Å². The zero-order valence-electron chi connectivity index (χ0n) is 15.1. The minimum absolute atomic E-state index is 0.0184. The van der Waals surface area contributed by atoms with Crippen LogP contribution in [0, 0.1) is 10.9 Å². The Hall–Kier alpha value is -2.91. The molecular weight excluding hydrogens is 439 g/mol. The van der Waals surface area contributed by atoms with Crippen molar-refractivity contribution in [2.45, 2.75) is 18.6 Å². The number of hydrazone groups is 1. The van der Waals surface area contributed by atoms with Gasteiger partial charge in [0.15, 0.2) is 0 Å². The molecule has 0 aliphatic heterocycles. The molecule has 2 atom stereocenters. The van der Waals surface area contributed by atoms with Gasteiger partial charge in [-0.05, 0) is 24.3 Å². The first kappa shape index (κ1) is 20.4. The van der Waals surface area contributed by atoms with Crippen molar-refractivity contribution in [1.29, 1.82) is 0 Å². The number of aromatic nitrogens is 1. The van der Waals surface area contributed by atoms with Gasteiger partial charge in [-0.2, -0.15) is 9.49 Å². The van der Waals surface area contributed by atoms with E-state index < -0.39 is 29.1 Å². The first-order chi connectivity index (χ1) is 14.3. The lowest BCUT2D eigenvalue weighted by atomic mass is 10.1. The molecule has 4 rings (SSSR count). The Bertz CT molecular complexity index is 1150. The Kier molecular flexibility index (Phi) is 5.48. The van der Waals surface area contributed by atoms with Crippen LogP contribution in [0.15, 0.2) is 47.6 Å². The van der Waals surface area contributed by atoms with E-state index in [9.17, 15) is 23.1 Å². The number of hydrogen-bond donors (Lipinski definition) is 1. The second kappa shape index (κ2) is 8.08. The van der Waals surface area contributed by atoms with Gasteiger partial charge in [-0.3, -0.25) is 0 Å². The van der Waals surface area contributed by atoms with Crippen LogP contribution in [0.1, 0.15) is 22.3 Å². The number of aromatic carboxylic acids is 1. The van der Waals surface area contributed by atoms with Gasteiger partial charge in [-0.15, -0.1) is 0 Å². The van der Waals surface area contributed by atoms with Gasteiger partial charge in [-0.25, -0.2) is 23.6 Å². The van der Waals surface area contributed by atoms with Crippen molar-refractivity contribution in [2.24, 2.45) is 5.10 Å². The molecule has 5 nitrogen and oxygen atoms in total. The standard InChI is InChI=1S/C20H13ClF3N3O2S/c21-14-4-2-1-3-12(14)17-18(24)30-20(26-17)27(16-8-15(16)23)25-9-10-5-6-11(22)7-13(10)19(28)29/h1-7,9,15-16H,8H2,(H,28,29)/b25-9+. The van der Waals surface area contributed by atoms with E-state index in [2.05, 4.69) is 10.1 Å². The number of thiazole rings is 1. The second-order valence-electron chi connectivity index (χ2n) is 6.54. The second-order valence-corrected chi connectivity index (χ2v) is 7.88. The van der Waals surface area contributed by atoms with Crippen molar-refractivity contribution in [1.82, 2.24) is 4.98 Å². The third-order valence-corrected chi connectivity index (χ3v) is 5.62. The average molecular weight is 452 g/mol. The molecule has 10 heteroatoms. The zero-order valence-corrected chi connectivity index (χ0v) is 16.7. The molecule has 0 spiro atoms. The van der Waals surface area contributed by atoms with Crippen LogP contribution in [0.5, 0.6) is 0 Å². The SMILES string of the molecule is O=C(O)c1cc(F)ccc1/C=N/N(c1nc(-c2ccccc2Cl)c(F)s1)C1CC1F. The molecule has 0 amide bonds. The third-order valence-electron chi connectivity index (χ3n) is 4.46. The highest BCUT2D eigenvalue weighted by molar-refractivity contribution is 7.14. The number of alkyl halides is 1. The fraction of sp³-hybridized carbons (Fsp3) is 0.150. The molecule has 0 radical (unpaired) electrons. The zero-order chi connectivity index (χ0) is 21.4. The molecule has 0 bridgehead atoms. The van der Waals surface area contributed by atoms with Crippen molar-refractivity contribution >= 4 is 40.3 Å². The molecule has 1 aliphatic carbocycles. The molecule has 2 unspecified atom stereocenters. The third kappa shape index (κ3) is 4.03. The van der Waals surface area contributed by atoms with Gasteiger partial charge >= 0.3 is 5.97 Å². The molecule has 1 aromatic heterocycles. The fourth-order valence-electron chi connectivity index (χ4n) is 2.84. The number of benzene rings is 2. The maximum absolute atomic E-state index is 14.6. The van der Waals surface area contributed by atoms with E-state index in [4.69, 9.17) is 11.6 Å². The van der Waals surface area contributed by atoms with E-state index in [1.807, 2.05) is 0 Å². The first-order valence-electron chi connectivity index (χ1n) is 8.76. The van der Waals surface area contributed by atoms with E-state index >= 15 is 0 Å². The summed E-state index contributed by atoms with van der Waals surface area (Å²) in [5.41, 5.74) is 0.230. The van der Waals surface area contributed by atoms with E-state index in [0.29, 0.717) is 21.9 Å². The van der Waals surface area contributed by atoms with E-state index in [1.54, 1.807) is 24.3 Å². The van der Waals surface area contributed by atoms with Crippen molar-refractivity contribution in [2.75, 3.05) is 5.01 Å². The minimum atomic E-state index is -1.33. The molecule has 1 saturated carbocycles. The van der Waals surface area contributed by atoms with Crippen LogP contribution in [0.4, 0.5) is 18.3 Å². The van der Waals surface area contributed by atoms with Gasteiger partial charge in [0.2, 0.25) is 10.3 Å².